The Hall–Kier alpha value is -2.31. The molecule has 4 nitrogen and oxygen atoms in total. The minimum absolute atomic E-state index is 0.0415. The average molecular weight is 392 g/mol. The highest BCUT2D eigenvalue weighted by Crippen LogP contribution is 2.63. The van der Waals surface area contributed by atoms with E-state index in [1.807, 2.05) is 0 Å². The van der Waals surface area contributed by atoms with Gasteiger partial charge in [0.1, 0.15) is 22.7 Å². The number of hydrogen-bond acceptors (Lipinski definition) is 3. The molecule has 150 valence electrons. The van der Waals surface area contributed by atoms with Crippen molar-refractivity contribution in [1.29, 1.82) is 0 Å². The molecule has 28 heavy (non-hydrogen) atoms. The van der Waals surface area contributed by atoms with Gasteiger partial charge in [-0.1, -0.05) is 25.8 Å². The number of aryl methyl sites for hydroxylation is 1. The van der Waals surface area contributed by atoms with E-state index < -0.39 is 23.7 Å². The zero-order chi connectivity index (χ0) is 20.1. The fourth-order valence-corrected chi connectivity index (χ4v) is 5.09. The molecule has 0 saturated heterocycles. The highest BCUT2D eigenvalue weighted by Gasteiger charge is 2.59. The molecule has 2 bridgehead atoms. The quantitative estimate of drug-likeness (QED) is 0.631. The molecule has 1 aromatic heterocycles. The van der Waals surface area contributed by atoms with Gasteiger partial charge in [0, 0.05) is 24.7 Å². The maximum Gasteiger partial charge on any atom is 0.342 e. The summed E-state index contributed by atoms with van der Waals surface area (Å²) < 4.78 is 47.8. The Bertz CT molecular complexity index is 911. The molecule has 2 aromatic rings. The van der Waals surface area contributed by atoms with Gasteiger partial charge in [0.15, 0.2) is 0 Å². The summed E-state index contributed by atoms with van der Waals surface area (Å²) in [4.78, 5) is 12.9. The molecule has 2 aliphatic rings. The van der Waals surface area contributed by atoms with E-state index in [2.05, 4.69) is 12.0 Å². The van der Waals surface area contributed by atoms with Gasteiger partial charge in [-0.15, -0.1) is 0 Å². The lowest BCUT2D eigenvalue weighted by Crippen LogP contribution is -2.34. The molecule has 1 heterocycles. The number of aromatic nitrogens is 2. The minimum atomic E-state index is -2.87. The summed E-state index contributed by atoms with van der Waals surface area (Å²) in [7, 11) is 1.48. The van der Waals surface area contributed by atoms with E-state index in [1.54, 1.807) is 6.07 Å². The first-order valence-corrected chi connectivity index (χ1v) is 9.72. The SMILES string of the molecule is CCCCC1C2CCC1(OC(=O)c1cn(C)nc1C(F)F)c1cc(F)ccc12. The molecular formula is C21H23F3N2O2. The number of ether oxygens (including phenoxy) is 1. The standard InChI is InChI=1S/C21H23F3N2O2/c1-3-4-5-16-14-8-9-21(16,17-10-12(22)6-7-13(14)17)28-20(27)15-11-26(2)25-18(15)19(23)24/h6-7,10-11,14,16,19H,3-5,8-9H2,1-2H3. The second kappa shape index (κ2) is 6.94. The van der Waals surface area contributed by atoms with Crippen molar-refractivity contribution in [2.75, 3.05) is 0 Å². The van der Waals surface area contributed by atoms with Crippen molar-refractivity contribution in [3.05, 3.63) is 52.6 Å². The van der Waals surface area contributed by atoms with Crippen LogP contribution in [0.3, 0.4) is 0 Å². The summed E-state index contributed by atoms with van der Waals surface area (Å²) in [6, 6.07) is 4.65. The number of esters is 1. The molecule has 0 radical (unpaired) electrons. The number of nitrogens with zero attached hydrogens (tertiary/aromatic N) is 2. The van der Waals surface area contributed by atoms with Crippen molar-refractivity contribution in [3.8, 4) is 0 Å². The Morgan fingerprint density at radius 3 is 2.93 bits per heavy atom. The number of halogens is 3. The fraction of sp³-hybridized carbons (Fsp3) is 0.524. The first kappa shape index (κ1) is 19.0. The van der Waals surface area contributed by atoms with Crippen LogP contribution >= 0.6 is 0 Å². The van der Waals surface area contributed by atoms with Crippen LogP contribution in [0.5, 0.6) is 0 Å². The number of fused-ring (bicyclic) bond motifs is 5. The van der Waals surface area contributed by atoms with E-state index in [9.17, 15) is 18.0 Å². The minimum Gasteiger partial charge on any atom is -0.450 e. The van der Waals surface area contributed by atoms with Gasteiger partial charge in [0.2, 0.25) is 0 Å². The third kappa shape index (κ3) is 2.83. The van der Waals surface area contributed by atoms with Crippen molar-refractivity contribution in [1.82, 2.24) is 9.78 Å². The largest absolute Gasteiger partial charge is 0.450 e. The lowest BCUT2D eigenvalue weighted by atomic mass is 9.85. The van der Waals surface area contributed by atoms with Gasteiger partial charge in [0.25, 0.3) is 6.43 Å². The van der Waals surface area contributed by atoms with Crippen LogP contribution in [0, 0.1) is 11.7 Å². The first-order chi connectivity index (χ1) is 13.4. The van der Waals surface area contributed by atoms with Crippen LogP contribution in [0.2, 0.25) is 0 Å². The van der Waals surface area contributed by atoms with Gasteiger partial charge >= 0.3 is 5.97 Å². The van der Waals surface area contributed by atoms with E-state index >= 15 is 0 Å². The van der Waals surface area contributed by atoms with E-state index in [1.165, 1.54) is 30.1 Å². The van der Waals surface area contributed by atoms with Gasteiger partial charge in [-0.05, 0) is 42.9 Å². The second-order valence-corrected chi connectivity index (χ2v) is 7.81. The Morgan fingerprint density at radius 2 is 2.21 bits per heavy atom. The molecule has 0 N–H and O–H groups in total. The fourth-order valence-electron chi connectivity index (χ4n) is 5.09. The number of rotatable bonds is 6. The van der Waals surface area contributed by atoms with Crippen LogP contribution in [-0.4, -0.2) is 15.7 Å². The second-order valence-electron chi connectivity index (χ2n) is 7.81. The summed E-state index contributed by atoms with van der Waals surface area (Å²) in [5, 5.41) is 3.70. The van der Waals surface area contributed by atoms with Crippen LogP contribution < -0.4 is 0 Å². The van der Waals surface area contributed by atoms with Gasteiger partial charge < -0.3 is 4.74 Å². The Morgan fingerprint density at radius 1 is 1.43 bits per heavy atom. The zero-order valence-electron chi connectivity index (χ0n) is 15.9. The van der Waals surface area contributed by atoms with E-state index in [-0.39, 0.29) is 23.2 Å². The summed E-state index contributed by atoms with van der Waals surface area (Å²) >= 11 is 0. The maximum absolute atomic E-state index is 14.0. The smallest absolute Gasteiger partial charge is 0.342 e. The van der Waals surface area contributed by atoms with Crippen molar-refractivity contribution >= 4 is 5.97 Å². The first-order valence-electron chi connectivity index (χ1n) is 9.72. The monoisotopic (exact) mass is 392 g/mol. The van der Waals surface area contributed by atoms with E-state index in [0.29, 0.717) is 12.0 Å². The van der Waals surface area contributed by atoms with Gasteiger partial charge in [-0.25, -0.2) is 18.0 Å². The van der Waals surface area contributed by atoms with E-state index in [4.69, 9.17) is 4.74 Å². The summed E-state index contributed by atoms with van der Waals surface area (Å²) in [6.45, 7) is 2.09. The van der Waals surface area contributed by atoms with Crippen molar-refractivity contribution < 1.29 is 22.7 Å². The Balaban J connectivity index is 1.74. The lowest BCUT2D eigenvalue weighted by Gasteiger charge is -2.33. The molecule has 2 aliphatic carbocycles. The summed E-state index contributed by atoms with van der Waals surface area (Å²) in [6.07, 6.45) is 2.62. The van der Waals surface area contributed by atoms with Crippen molar-refractivity contribution in [2.24, 2.45) is 13.0 Å². The molecular weight excluding hydrogens is 369 g/mol. The average Bonchev–Trinajstić information content (AvgIpc) is 3.28. The normalized spacial score (nSPS) is 25.4. The molecule has 0 amide bonds. The number of carbonyl (C=O) groups is 1. The van der Waals surface area contributed by atoms with Crippen LogP contribution in [-0.2, 0) is 17.4 Å². The predicted molar refractivity (Wildman–Crippen MR) is 96.6 cm³/mol. The highest BCUT2D eigenvalue weighted by atomic mass is 19.3. The summed E-state index contributed by atoms with van der Waals surface area (Å²) in [5.41, 5.74) is -0.0539. The molecule has 0 aliphatic heterocycles. The molecule has 3 unspecified atom stereocenters. The molecule has 1 fully saturated rings. The molecule has 4 rings (SSSR count). The number of unbranched alkanes of at least 4 members (excludes halogenated alkanes) is 1. The van der Waals surface area contributed by atoms with Gasteiger partial charge in [-0.2, -0.15) is 5.10 Å². The Labute approximate surface area is 161 Å². The lowest BCUT2D eigenvalue weighted by molar-refractivity contribution is -0.0419. The van der Waals surface area contributed by atoms with Crippen molar-refractivity contribution in [3.63, 3.8) is 0 Å². The third-order valence-corrected chi connectivity index (χ3v) is 6.21. The van der Waals surface area contributed by atoms with Crippen molar-refractivity contribution in [2.45, 2.75) is 57.0 Å². The van der Waals surface area contributed by atoms with E-state index in [0.717, 1.165) is 31.2 Å². The number of hydrogen-bond donors (Lipinski definition) is 0. The third-order valence-electron chi connectivity index (χ3n) is 6.21. The number of alkyl halides is 2. The topological polar surface area (TPSA) is 44.1 Å². The summed E-state index contributed by atoms with van der Waals surface area (Å²) in [5.74, 6) is -0.952. The highest BCUT2D eigenvalue weighted by molar-refractivity contribution is 5.91. The Kier molecular flexibility index (Phi) is 4.71. The number of benzene rings is 1. The van der Waals surface area contributed by atoms with Crippen LogP contribution in [0.4, 0.5) is 13.2 Å². The van der Waals surface area contributed by atoms with Gasteiger partial charge in [-0.3, -0.25) is 4.68 Å². The molecule has 1 saturated carbocycles. The van der Waals surface area contributed by atoms with Crippen LogP contribution in [0.1, 0.15) is 78.6 Å². The zero-order valence-corrected chi connectivity index (χ0v) is 15.9. The predicted octanol–water partition coefficient (Wildman–Crippen LogP) is 5.25. The maximum atomic E-state index is 14.0. The molecule has 7 heteroatoms. The number of carbonyl (C=O) groups excluding carboxylic acids is 1. The molecule has 1 aromatic carbocycles. The van der Waals surface area contributed by atoms with Crippen LogP contribution in [0.15, 0.2) is 24.4 Å². The molecule has 3 atom stereocenters. The molecule has 0 spiro atoms. The van der Waals surface area contributed by atoms with Crippen LogP contribution in [0.25, 0.3) is 0 Å². The van der Waals surface area contributed by atoms with Gasteiger partial charge in [0.05, 0.1) is 0 Å².